The standard InChI is InChI=1S/C7H13NO3S/c1-6(2)4-8-7(9)5-12(3,10)11/h1,4-5H2,2-3H3,(H,8,9). The van der Waals surface area contributed by atoms with Gasteiger partial charge in [0.2, 0.25) is 5.91 Å². The van der Waals surface area contributed by atoms with Gasteiger partial charge in [0.25, 0.3) is 0 Å². The molecule has 1 N–H and O–H groups in total. The third-order valence-electron chi connectivity index (χ3n) is 0.981. The molecule has 5 heteroatoms. The first-order valence-corrected chi connectivity index (χ1v) is 5.46. The number of rotatable bonds is 4. The number of hydrogen-bond acceptors (Lipinski definition) is 3. The molecule has 1 amide bonds. The molecule has 0 unspecified atom stereocenters. The Balaban J connectivity index is 3.84. The first kappa shape index (κ1) is 11.2. The quantitative estimate of drug-likeness (QED) is 0.622. The Morgan fingerprint density at radius 1 is 1.50 bits per heavy atom. The number of carbonyl (C=O) groups excluding carboxylic acids is 1. The van der Waals surface area contributed by atoms with E-state index in [0.29, 0.717) is 6.54 Å². The predicted octanol–water partition coefficient (Wildman–Crippen LogP) is -0.277. The van der Waals surface area contributed by atoms with Crippen LogP contribution in [0.25, 0.3) is 0 Å². The number of sulfone groups is 1. The molecule has 0 saturated carbocycles. The smallest absolute Gasteiger partial charge is 0.235 e. The van der Waals surface area contributed by atoms with Gasteiger partial charge in [-0.05, 0) is 6.92 Å². The minimum atomic E-state index is -3.21. The molecule has 0 aliphatic carbocycles. The average Bonchev–Trinajstić information content (AvgIpc) is 1.79. The first-order chi connectivity index (χ1) is 5.31. The van der Waals surface area contributed by atoms with E-state index in [1.807, 2.05) is 0 Å². The van der Waals surface area contributed by atoms with Crippen LogP contribution in [-0.4, -0.2) is 32.9 Å². The van der Waals surface area contributed by atoms with Crippen molar-refractivity contribution in [1.82, 2.24) is 5.32 Å². The summed E-state index contributed by atoms with van der Waals surface area (Å²) in [7, 11) is -3.21. The SMILES string of the molecule is C=C(C)CNC(=O)CS(C)(=O)=O. The minimum Gasteiger partial charge on any atom is -0.352 e. The number of hydrogen-bond donors (Lipinski definition) is 1. The molecule has 12 heavy (non-hydrogen) atoms. The molecule has 0 aliphatic heterocycles. The van der Waals surface area contributed by atoms with Crippen molar-refractivity contribution in [2.45, 2.75) is 6.92 Å². The Hall–Kier alpha value is -0.840. The predicted molar refractivity (Wildman–Crippen MR) is 47.5 cm³/mol. The van der Waals surface area contributed by atoms with E-state index in [9.17, 15) is 13.2 Å². The molecule has 0 saturated heterocycles. The highest BCUT2D eigenvalue weighted by atomic mass is 32.2. The summed E-state index contributed by atoms with van der Waals surface area (Å²) in [4.78, 5) is 10.8. The summed E-state index contributed by atoms with van der Waals surface area (Å²) in [5.41, 5.74) is 0.789. The Labute approximate surface area is 72.6 Å². The molecule has 0 aromatic carbocycles. The Morgan fingerprint density at radius 3 is 2.33 bits per heavy atom. The van der Waals surface area contributed by atoms with Gasteiger partial charge >= 0.3 is 0 Å². The maximum Gasteiger partial charge on any atom is 0.235 e. The van der Waals surface area contributed by atoms with Crippen molar-refractivity contribution in [3.05, 3.63) is 12.2 Å². The second kappa shape index (κ2) is 4.25. The van der Waals surface area contributed by atoms with Gasteiger partial charge in [0.1, 0.15) is 5.75 Å². The fourth-order valence-corrected chi connectivity index (χ4v) is 1.12. The van der Waals surface area contributed by atoms with E-state index in [1.54, 1.807) is 6.92 Å². The molecular formula is C7H13NO3S. The third kappa shape index (κ3) is 7.27. The van der Waals surface area contributed by atoms with E-state index < -0.39 is 21.5 Å². The van der Waals surface area contributed by atoms with Crippen molar-refractivity contribution in [1.29, 1.82) is 0 Å². The summed E-state index contributed by atoms with van der Waals surface area (Å²) >= 11 is 0. The van der Waals surface area contributed by atoms with Crippen LogP contribution in [-0.2, 0) is 14.6 Å². The van der Waals surface area contributed by atoms with E-state index >= 15 is 0 Å². The molecule has 4 nitrogen and oxygen atoms in total. The number of amides is 1. The van der Waals surface area contributed by atoms with E-state index in [2.05, 4.69) is 11.9 Å². The van der Waals surface area contributed by atoms with E-state index in [1.165, 1.54) is 0 Å². The molecule has 0 aromatic rings. The molecule has 0 fully saturated rings. The van der Waals surface area contributed by atoms with Crippen LogP contribution in [0.3, 0.4) is 0 Å². The van der Waals surface area contributed by atoms with Crippen LogP contribution in [0, 0.1) is 0 Å². The summed E-state index contributed by atoms with van der Waals surface area (Å²) in [6.45, 7) is 5.64. The van der Waals surface area contributed by atoms with Gasteiger partial charge in [0.05, 0.1) is 0 Å². The summed E-state index contributed by atoms with van der Waals surface area (Å²) in [5, 5.41) is 2.42. The molecule has 0 atom stereocenters. The highest BCUT2D eigenvalue weighted by molar-refractivity contribution is 7.91. The van der Waals surface area contributed by atoms with Crippen LogP contribution in [0.5, 0.6) is 0 Å². The van der Waals surface area contributed by atoms with Crippen molar-refractivity contribution in [2.75, 3.05) is 18.6 Å². The maximum atomic E-state index is 10.8. The lowest BCUT2D eigenvalue weighted by Crippen LogP contribution is -2.30. The lowest BCUT2D eigenvalue weighted by atomic mass is 10.3. The molecule has 0 radical (unpaired) electrons. The molecule has 0 aliphatic rings. The lowest BCUT2D eigenvalue weighted by molar-refractivity contribution is -0.118. The highest BCUT2D eigenvalue weighted by Crippen LogP contribution is 1.85. The van der Waals surface area contributed by atoms with Crippen LogP contribution in [0.1, 0.15) is 6.92 Å². The van der Waals surface area contributed by atoms with Gasteiger partial charge in [-0.2, -0.15) is 0 Å². The average molecular weight is 191 g/mol. The van der Waals surface area contributed by atoms with Crippen molar-refractivity contribution < 1.29 is 13.2 Å². The van der Waals surface area contributed by atoms with Gasteiger partial charge in [-0.3, -0.25) is 4.79 Å². The second-order valence-electron chi connectivity index (χ2n) is 2.80. The van der Waals surface area contributed by atoms with Crippen molar-refractivity contribution in [2.24, 2.45) is 0 Å². The Kier molecular flexibility index (Phi) is 3.95. The normalized spacial score (nSPS) is 10.8. The van der Waals surface area contributed by atoms with Crippen LogP contribution >= 0.6 is 0 Å². The van der Waals surface area contributed by atoms with Crippen LogP contribution in [0.2, 0.25) is 0 Å². The molecule has 0 spiro atoms. The highest BCUT2D eigenvalue weighted by Gasteiger charge is 2.09. The Bertz CT molecular complexity index is 279. The zero-order valence-electron chi connectivity index (χ0n) is 7.25. The minimum absolute atomic E-state index is 0.328. The van der Waals surface area contributed by atoms with Gasteiger partial charge in [-0.15, -0.1) is 0 Å². The molecule has 0 aromatic heterocycles. The van der Waals surface area contributed by atoms with Crippen LogP contribution < -0.4 is 5.32 Å². The number of nitrogens with one attached hydrogen (secondary N) is 1. The summed E-state index contributed by atoms with van der Waals surface area (Å²) in [6.07, 6.45) is 1.02. The molecule has 0 bridgehead atoms. The molecule has 0 heterocycles. The second-order valence-corrected chi connectivity index (χ2v) is 4.94. The zero-order valence-corrected chi connectivity index (χ0v) is 8.07. The largest absolute Gasteiger partial charge is 0.352 e. The summed E-state index contributed by atoms with van der Waals surface area (Å²) < 4.78 is 21.2. The van der Waals surface area contributed by atoms with Gasteiger partial charge in [-0.25, -0.2) is 8.42 Å². The summed E-state index contributed by atoms with van der Waals surface area (Å²) in [5.74, 6) is -0.944. The third-order valence-corrected chi connectivity index (χ3v) is 1.77. The zero-order chi connectivity index (χ0) is 9.78. The van der Waals surface area contributed by atoms with Gasteiger partial charge in [0, 0.05) is 12.8 Å². The van der Waals surface area contributed by atoms with E-state index in [4.69, 9.17) is 0 Å². The molecule has 70 valence electrons. The topological polar surface area (TPSA) is 63.2 Å². The van der Waals surface area contributed by atoms with Crippen LogP contribution in [0.4, 0.5) is 0 Å². The van der Waals surface area contributed by atoms with Gasteiger partial charge < -0.3 is 5.32 Å². The number of carbonyl (C=O) groups is 1. The first-order valence-electron chi connectivity index (χ1n) is 3.40. The monoisotopic (exact) mass is 191 g/mol. The Morgan fingerprint density at radius 2 is 2.00 bits per heavy atom. The van der Waals surface area contributed by atoms with Crippen LogP contribution in [0.15, 0.2) is 12.2 Å². The molecule has 0 rings (SSSR count). The lowest BCUT2D eigenvalue weighted by Gasteiger charge is -2.02. The molecular weight excluding hydrogens is 178 g/mol. The van der Waals surface area contributed by atoms with E-state index in [-0.39, 0.29) is 0 Å². The van der Waals surface area contributed by atoms with Gasteiger partial charge in [0.15, 0.2) is 9.84 Å². The fraction of sp³-hybridized carbons (Fsp3) is 0.571. The van der Waals surface area contributed by atoms with Crippen molar-refractivity contribution in [3.63, 3.8) is 0 Å². The van der Waals surface area contributed by atoms with Crippen molar-refractivity contribution >= 4 is 15.7 Å². The van der Waals surface area contributed by atoms with E-state index in [0.717, 1.165) is 11.8 Å². The fourth-order valence-electron chi connectivity index (χ4n) is 0.539. The van der Waals surface area contributed by atoms with Gasteiger partial charge in [-0.1, -0.05) is 12.2 Å². The van der Waals surface area contributed by atoms with Crippen molar-refractivity contribution in [3.8, 4) is 0 Å². The maximum absolute atomic E-state index is 10.8. The summed E-state index contributed by atoms with van der Waals surface area (Å²) in [6, 6.07) is 0.